The van der Waals surface area contributed by atoms with Crippen LogP contribution in [-0.4, -0.2) is 115 Å². The van der Waals surface area contributed by atoms with E-state index in [9.17, 15) is 24.0 Å². The third kappa shape index (κ3) is 12.6. The lowest BCUT2D eigenvalue weighted by Gasteiger charge is -2.32. The molecule has 4 N–H and O–H groups in total. The number of Topliss-reactive ketones (excluding diaryl/α,β-unsaturated/α-hetero) is 1. The summed E-state index contributed by atoms with van der Waals surface area (Å²) < 4.78 is 5.32. The number of aryl methyl sites for hydroxylation is 1. The van der Waals surface area contributed by atoms with Gasteiger partial charge in [0.2, 0.25) is 23.6 Å². The highest BCUT2D eigenvalue weighted by Crippen LogP contribution is 2.29. The number of hydrogen-bond donors (Lipinski definition) is 4. The molecule has 0 spiro atoms. The molecule has 2 aliphatic rings. The third-order valence-corrected chi connectivity index (χ3v) is 8.71. The number of nitrogens with zero attached hydrogens (tertiary/aromatic N) is 2. The summed E-state index contributed by atoms with van der Waals surface area (Å²) in [5.74, 6) is -1.67. The standard InChI is InChI=1S/C35H56N6O6/c1-23(2)19-28(31(43)35(6)22-47-35)38-32(44)25(5)36-34(46)29(20-24(3)4)39-33(45)27(14-13-26-11-9-8-10-12-26)37-30(42)21-41-17-15-40(7)16-18-41/h8-12,23-25,27-29H,13-22H2,1-7H3,(H,36,46)(H,37,42)(H,38,44)(H,39,45)/t25-,27-,28-,29?,35+/m0/s1. The van der Waals surface area contributed by atoms with Gasteiger partial charge in [-0.2, -0.15) is 0 Å². The molecule has 1 unspecified atom stereocenters. The Hall–Kier alpha value is -3.35. The average Bonchev–Trinajstić information content (AvgIpc) is 3.77. The van der Waals surface area contributed by atoms with Gasteiger partial charge in [-0.15, -0.1) is 0 Å². The predicted octanol–water partition coefficient (Wildman–Crippen LogP) is 1.28. The molecule has 0 radical (unpaired) electrons. The van der Waals surface area contributed by atoms with Gasteiger partial charge >= 0.3 is 0 Å². The molecule has 1 aromatic carbocycles. The molecule has 47 heavy (non-hydrogen) atoms. The maximum absolute atomic E-state index is 13.7. The number of amides is 4. The summed E-state index contributed by atoms with van der Waals surface area (Å²) in [6, 6.07) is 6.24. The second-order valence-electron chi connectivity index (χ2n) is 14.2. The number of ketones is 1. The normalized spacial score (nSPS) is 21.0. The fourth-order valence-corrected chi connectivity index (χ4v) is 5.65. The molecule has 4 amide bonds. The minimum absolute atomic E-state index is 0.0529. The van der Waals surface area contributed by atoms with E-state index in [4.69, 9.17) is 4.74 Å². The molecule has 2 aliphatic heterocycles. The van der Waals surface area contributed by atoms with Gasteiger partial charge in [0.25, 0.3) is 0 Å². The fourth-order valence-electron chi connectivity index (χ4n) is 5.65. The van der Waals surface area contributed by atoms with Gasteiger partial charge in [-0.05, 0) is 64.0 Å². The number of carbonyl (C=O) groups is 5. The zero-order valence-electron chi connectivity index (χ0n) is 29.3. The van der Waals surface area contributed by atoms with E-state index in [-0.39, 0.29) is 30.1 Å². The second kappa shape index (κ2) is 17.7. The number of piperazine rings is 1. The van der Waals surface area contributed by atoms with Crippen molar-refractivity contribution in [1.82, 2.24) is 31.1 Å². The Bertz CT molecular complexity index is 1210. The van der Waals surface area contributed by atoms with Crippen molar-refractivity contribution in [3.05, 3.63) is 35.9 Å². The van der Waals surface area contributed by atoms with Gasteiger partial charge in [0.1, 0.15) is 23.7 Å². The largest absolute Gasteiger partial charge is 0.361 e. The van der Waals surface area contributed by atoms with E-state index in [1.54, 1.807) is 13.8 Å². The summed E-state index contributed by atoms with van der Waals surface area (Å²) in [7, 11) is 2.05. The summed E-state index contributed by atoms with van der Waals surface area (Å²) >= 11 is 0. The number of hydrogen-bond acceptors (Lipinski definition) is 8. The molecule has 12 heteroatoms. The van der Waals surface area contributed by atoms with Crippen molar-refractivity contribution in [2.45, 2.75) is 97.0 Å². The Balaban J connectivity index is 1.66. The monoisotopic (exact) mass is 656 g/mol. The van der Waals surface area contributed by atoms with Crippen LogP contribution >= 0.6 is 0 Å². The minimum atomic E-state index is -0.957. The third-order valence-electron chi connectivity index (χ3n) is 8.71. The van der Waals surface area contributed by atoms with Crippen molar-refractivity contribution in [3.63, 3.8) is 0 Å². The molecule has 12 nitrogen and oxygen atoms in total. The van der Waals surface area contributed by atoms with E-state index >= 15 is 0 Å². The fraction of sp³-hybridized carbons (Fsp3) is 0.686. The highest BCUT2D eigenvalue weighted by Gasteiger charge is 2.50. The van der Waals surface area contributed by atoms with Gasteiger partial charge in [0.15, 0.2) is 5.78 Å². The highest BCUT2D eigenvalue weighted by atomic mass is 16.6. The number of rotatable bonds is 18. The molecular weight excluding hydrogens is 600 g/mol. The van der Waals surface area contributed by atoms with Crippen LogP contribution in [0.4, 0.5) is 0 Å². The van der Waals surface area contributed by atoms with Crippen LogP contribution < -0.4 is 21.3 Å². The van der Waals surface area contributed by atoms with Gasteiger partial charge in [-0.1, -0.05) is 58.0 Å². The molecule has 0 aliphatic carbocycles. The lowest BCUT2D eigenvalue weighted by molar-refractivity contribution is -0.135. The maximum atomic E-state index is 13.7. The van der Waals surface area contributed by atoms with Crippen LogP contribution in [0.25, 0.3) is 0 Å². The number of likely N-dealkylation sites (N-methyl/N-ethyl adjacent to an activating group) is 1. The number of carbonyl (C=O) groups excluding carboxylic acids is 5. The summed E-state index contributed by atoms with van der Waals surface area (Å²) in [5.41, 5.74) is 0.148. The number of benzene rings is 1. The molecular formula is C35H56N6O6. The van der Waals surface area contributed by atoms with Crippen LogP contribution in [0.5, 0.6) is 0 Å². The van der Waals surface area contributed by atoms with E-state index in [0.29, 0.717) is 32.3 Å². The Morgan fingerprint density at radius 2 is 1.32 bits per heavy atom. The SMILES string of the molecule is CC(C)CC(NC(=O)[C@H](CCc1ccccc1)NC(=O)CN1CCN(C)CC1)C(=O)N[C@@H](C)C(=O)N[C@@H](CC(C)C)C(=O)[C@@]1(C)CO1. The van der Waals surface area contributed by atoms with Crippen molar-refractivity contribution in [1.29, 1.82) is 0 Å². The van der Waals surface area contributed by atoms with Gasteiger partial charge < -0.3 is 30.9 Å². The van der Waals surface area contributed by atoms with Crippen molar-refractivity contribution >= 4 is 29.4 Å². The molecule has 5 atom stereocenters. The summed E-state index contributed by atoms with van der Waals surface area (Å²) in [6.07, 6.45) is 1.69. The van der Waals surface area contributed by atoms with Gasteiger partial charge in [0.05, 0.1) is 19.2 Å². The van der Waals surface area contributed by atoms with E-state index in [1.165, 1.54) is 0 Å². The van der Waals surface area contributed by atoms with E-state index in [2.05, 4.69) is 31.1 Å². The van der Waals surface area contributed by atoms with Crippen molar-refractivity contribution in [2.24, 2.45) is 11.8 Å². The van der Waals surface area contributed by atoms with Crippen LogP contribution in [0.15, 0.2) is 30.3 Å². The molecule has 2 heterocycles. The average molecular weight is 657 g/mol. The first-order valence-corrected chi connectivity index (χ1v) is 17.0. The van der Waals surface area contributed by atoms with Crippen LogP contribution in [-0.2, 0) is 35.1 Å². The van der Waals surface area contributed by atoms with Crippen LogP contribution in [0.1, 0.15) is 66.4 Å². The number of epoxide rings is 1. The number of nitrogens with one attached hydrogen (secondary N) is 4. The smallest absolute Gasteiger partial charge is 0.243 e. The van der Waals surface area contributed by atoms with Crippen LogP contribution in [0.3, 0.4) is 0 Å². The van der Waals surface area contributed by atoms with Crippen molar-refractivity contribution < 1.29 is 28.7 Å². The quantitative estimate of drug-likeness (QED) is 0.173. The summed E-state index contributed by atoms with van der Waals surface area (Å²) in [6.45, 7) is 14.9. The molecule has 262 valence electrons. The minimum Gasteiger partial charge on any atom is -0.361 e. The van der Waals surface area contributed by atoms with Crippen molar-refractivity contribution in [3.8, 4) is 0 Å². The first-order chi connectivity index (χ1) is 22.2. The molecule has 2 fully saturated rings. The second-order valence-corrected chi connectivity index (χ2v) is 14.2. The molecule has 2 saturated heterocycles. The molecule has 0 saturated carbocycles. The topological polar surface area (TPSA) is 152 Å². The molecule has 0 bridgehead atoms. The van der Waals surface area contributed by atoms with E-state index in [1.807, 2.05) is 65.1 Å². The summed E-state index contributed by atoms with van der Waals surface area (Å²) in [4.78, 5) is 70.8. The molecule has 0 aromatic heterocycles. The Kier molecular flexibility index (Phi) is 14.4. The first-order valence-electron chi connectivity index (χ1n) is 17.0. The van der Waals surface area contributed by atoms with Crippen molar-refractivity contribution in [2.75, 3.05) is 46.4 Å². The molecule has 1 aromatic rings. The van der Waals surface area contributed by atoms with Gasteiger partial charge in [0, 0.05) is 26.2 Å². The predicted molar refractivity (Wildman–Crippen MR) is 180 cm³/mol. The van der Waals surface area contributed by atoms with E-state index in [0.717, 1.165) is 31.7 Å². The highest BCUT2D eigenvalue weighted by molar-refractivity contribution is 5.98. The lowest BCUT2D eigenvalue weighted by atomic mass is 9.93. The Morgan fingerprint density at radius 1 is 0.766 bits per heavy atom. The van der Waals surface area contributed by atoms with Gasteiger partial charge in [-0.3, -0.25) is 28.9 Å². The zero-order chi connectivity index (χ0) is 34.7. The summed E-state index contributed by atoms with van der Waals surface area (Å²) in [5, 5.41) is 11.3. The zero-order valence-corrected chi connectivity index (χ0v) is 29.3. The Labute approximate surface area is 280 Å². The Morgan fingerprint density at radius 3 is 1.89 bits per heavy atom. The number of ether oxygens (including phenoxy) is 1. The van der Waals surface area contributed by atoms with Crippen LogP contribution in [0, 0.1) is 11.8 Å². The first kappa shape index (κ1) is 38.1. The van der Waals surface area contributed by atoms with Crippen LogP contribution in [0.2, 0.25) is 0 Å². The van der Waals surface area contributed by atoms with E-state index < -0.39 is 47.5 Å². The van der Waals surface area contributed by atoms with Gasteiger partial charge in [-0.25, -0.2) is 0 Å². The lowest BCUT2D eigenvalue weighted by Crippen LogP contribution is -2.58. The maximum Gasteiger partial charge on any atom is 0.243 e. The molecule has 3 rings (SSSR count).